The van der Waals surface area contributed by atoms with E-state index in [1.54, 1.807) is 4.90 Å². The molecule has 0 saturated carbocycles. The van der Waals surface area contributed by atoms with Crippen molar-refractivity contribution in [2.24, 2.45) is 5.92 Å². The van der Waals surface area contributed by atoms with Gasteiger partial charge >= 0.3 is 0 Å². The molecule has 0 unspecified atom stereocenters. The van der Waals surface area contributed by atoms with E-state index in [0.717, 1.165) is 22.6 Å². The van der Waals surface area contributed by atoms with Crippen molar-refractivity contribution >= 4 is 11.6 Å². The number of benzene rings is 3. The number of anilines is 1. The first-order valence-electron chi connectivity index (χ1n) is 9.63. The Hall–Kier alpha value is -3.15. The molecule has 1 fully saturated rings. The summed E-state index contributed by atoms with van der Waals surface area (Å²) >= 11 is 0. The van der Waals surface area contributed by atoms with Crippen LogP contribution in [-0.2, 0) is 11.4 Å². The molecule has 3 aromatic carbocycles. The van der Waals surface area contributed by atoms with Gasteiger partial charge in [0.1, 0.15) is 12.4 Å². The quantitative estimate of drug-likeness (QED) is 0.608. The van der Waals surface area contributed by atoms with E-state index in [9.17, 15) is 15.0 Å². The van der Waals surface area contributed by atoms with Gasteiger partial charge in [0.25, 0.3) is 0 Å². The molecular formula is C24H23NO4. The lowest BCUT2D eigenvalue weighted by molar-refractivity contribution is -0.137. The third-order valence-corrected chi connectivity index (χ3v) is 5.25. The Morgan fingerprint density at radius 2 is 1.52 bits per heavy atom. The van der Waals surface area contributed by atoms with Crippen molar-refractivity contribution in [3.63, 3.8) is 0 Å². The number of ether oxygens (including phenoxy) is 1. The van der Waals surface area contributed by atoms with Crippen LogP contribution in [0.1, 0.15) is 17.2 Å². The van der Waals surface area contributed by atoms with Crippen LogP contribution in [0.5, 0.6) is 5.75 Å². The van der Waals surface area contributed by atoms with Gasteiger partial charge in [0.2, 0.25) is 5.91 Å². The molecule has 3 atom stereocenters. The van der Waals surface area contributed by atoms with Gasteiger partial charge in [0.15, 0.2) is 0 Å². The number of aliphatic hydroxyl groups excluding tert-OH is 2. The molecule has 148 valence electrons. The molecule has 0 bridgehead atoms. The van der Waals surface area contributed by atoms with Crippen molar-refractivity contribution in [3.05, 3.63) is 96.1 Å². The molecule has 0 spiro atoms. The molecule has 0 aromatic heterocycles. The molecule has 2 N–H and O–H groups in total. The highest BCUT2D eigenvalue weighted by Crippen LogP contribution is 2.45. The Kier molecular flexibility index (Phi) is 5.60. The van der Waals surface area contributed by atoms with Crippen LogP contribution in [0.2, 0.25) is 0 Å². The average molecular weight is 389 g/mol. The summed E-state index contributed by atoms with van der Waals surface area (Å²) in [7, 11) is 0. The first kappa shape index (κ1) is 19.2. The molecule has 4 rings (SSSR count). The normalized spacial score (nSPS) is 19.5. The van der Waals surface area contributed by atoms with Crippen molar-refractivity contribution in [2.75, 3.05) is 11.5 Å². The van der Waals surface area contributed by atoms with Crippen molar-refractivity contribution < 1.29 is 19.7 Å². The minimum atomic E-state index is -1.10. The van der Waals surface area contributed by atoms with Gasteiger partial charge in [0.05, 0.1) is 24.7 Å². The van der Waals surface area contributed by atoms with Gasteiger partial charge in [0, 0.05) is 5.69 Å². The lowest BCUT2D eigenvalue weighted by Gasteiger charge is -2.49. The van der Waals surface area contributed by atoms with E-state index >= 15 is 0 Å². The molecule has 1 aliphatic heterocycles. The number of carbonyl (C=O) groups is 1. The number of carbonyl (C=O) groups excluding carboxylic acids is 1. The summed E-state index contributed by atoms with van der Waals surface area (Å²) < 4.78 is 5.84. The molecule has 1 heterocycles. The topological polar surface area (TPSA) is 70.0 Å². The zero-order valence-corrected chi connectivity index (χ0v) is 15.9. The maximum absolute atomic E-state index is 12.7. The first-order valence-corrected chi connectivity index (χ1v) is 9.63. The Morgan fingerprint density at radius 1 is 0.897 bits per heavy atom. The van der Waals surface area contributed by atoms with Crippen LogP contribution in [-0.4, -0.2) is 28.8 Å². The summed E-state index contributed by atoms with van der Waals surface area (Å²) in [6.45, 7) is 0.0257. The Balaban J connectivity index is 1.54. The standard InChI is InChI=1S/C24H23NO4/c26-15-21(27)22-23(25(24(22)28)19-9-5-2-6-10-19)18-11-13-20(14-12-18)29-16-17-7-3-1-4-8-17/h1-14,21-23,26-27H,15-16H2/t21-,22-,23+/m1/s1. The smallest absolute Gasteiger partial charge is 0.235 e. The number of para-hydroxylation sites is 1. The Bertz CT molecular complexity index is 944. The largest absolute Gasteiger partial charge is 0.489 e. The second-order valence-electron chi connectivity index (χ2n) is 7.11. The van der Waals surface area contributed by atoms with Crippen LogP contribution in [0.3, 0.4) is 0 Å². The number of hydrogen-bond donors (Lipinski definition) is 2. The monoisotopic (exact) mass is 389 g/mol. The second-order valence-corrected chi connectivity index (χ2v) is 7.11. The highest BCUT2D eigenvalue weighted by Gasteiger charge is 2.52. The number of nitrogens with zero attached hydrogens (tertiary/aromatic N) is 1. The molecule has 5 nitrogen and oxygen atoms in total. The molecule has 5 heteroatoms. The zero-order chi connectivity index (χ0) is 20.2. The fourth-order valence-electron chi connectivity index (χ4n) is 3.73. The van der Waals surface area contributed by atoms with Crippen molar-refractivity contribution in [1.29, 1.82) is 0 Å². The van der Waals surface area contributed by atoms with Gasteiger partial charge in [-0.25, -0.2) is 0 Å². The van der Waals surface area contributed by atoms with Crippen LogP contribution in [0.4, 0.5) is 5.69 Å². The molecule has 29 heavy (non-hydrogen) atoms. The van der Waals surface area contributed by atoms with Crippen LogP contribution >= 0.6 is 0 Å². The number of rotatable bonds is 7. The van der Waals surface area contributed by atoms with E-state index in [1.807, 2.05) is 84.9 Å². The summed E-state index contributed by atoms with van der Waals surface area (Å²) in [5, 5.41) is 19.6. The van der Waals surface area contributed by atoms with Crippen molar-refractivity contribution in [3.8, 4) is 5.75 Å². The van der Waals surface area contributed by atoms with Crippen LogP contribution in [0, 0.1) is 5.92 Å². The Morgan fingerprint density at radius 3 is 2.14 bits per heavy atom. The van der Waals surface area contributed by atoms with E-state index in [-0.39, 0.29) is 11.9 Å². The van der Waals surface area contributed by atoms with Crippen LogP contribution < -0.4 is 9.64 Å². The van der Waals surface area contributed by atoms with Gasteiger partial charge in [-0.3, -0.25) is 4.79 Å². The van der Waals surface area contributed by atoms with Crippen LogP contribution in [0.25, 0.3) is 0 Å². The van der Waals surface area contributed by atoms with Crippen molar-refractivity contribution in [2.45, 2.75) is 18.8 Å². The third-order valence-electron chi connectivity index (χ3n) is 5.25. The first-order chi connectivity index (χ1) is 14.2. The van der Waals surface area contributed by atoms with E-state index in [4.69, 9.17) is 4.74 Å². The number of aliphatic hydroxyl groups is 2. The van der Waals surface area contributed by atoms with Gasteiger partial charge in [-0.2, -0.15) is 0 Å². The predicted molar refractivity (Wildman–Crippen MR) is 110 cm³/mol. The number of amides is 1. The van der Waals surface area contributed by atoms with Crippen LogP contribution in [0.15, 0.2) is 84.9 Å². The molecule has 0 aliphatic carbocycles. The van der Waals surface area contributed by atoms with E-state index < -0.39 is 18.6 Å². The lowest BCUT2D eigenvalue weighted by atomic mass is 9.78. The molecule has 1 amide bonds. The van der Waals surface area contributed by atoms with E-state index in [1.165, 1.54) is 0 Å². The van der Waals surface area contributed by atoms with Gasteiger partial charge in [-0.15, -0.1) is 0 Å². The molecule has 1 saturated heterocycles. The lowest BCUT2D eigenvalue weighted by Crippen LogP contribution is -2.60. The third kappa shape index (κ3) is 3.88. The van der Waals surface area contributed by atoms with Gasteiger partial charge in [-0.1, -0.05) is 60.7 Å². The maximum Gasteiger partial charge on any atom is 0.235 e. The van der Waals surface area contributed by atoms with E-state index in [0.29, 0.717) is 6.61 Å². The van der Waals surface area contributed by atoms with E-state index in [2.05, 4.69) is 0 Å². The summed E-state index contributed by atoms with van der Waals surface area (Å²) in [5.74, 6) is -0.128. The fraction of sp³-hybridized carbons (Fsp3) is 0.208. The Labute approximate surface area is 169 Å². The van der Waals surface area contributed by atoms with Gasteiger partial charge in [-0.05, 0) is 35.4 Å². The minimum Gasteiger partial charge on any atom is -0.489 e. The van der Waals surface area contributed by atoms with Gasteiger partial charge < -0.3 is 19.8 Å². The summed E-state index contributed by atoms with van der Waals surface area (Å²) in [6, 6.07) is 26.5. The fourth-order valence-corrected chi connectivity index (χ4v) is 3.73. The molecular weight excluding hydrogens is 366 g/mol. The molecule has 1 aliphatic rings. The molecule has 0 radical (unpaired) electrons. The summed E-state index contributed by atoms with van der Waals surface area (Å²) in [6.07, 6.45) is -1.10. The SMILES string of the molecule is O=C1[C@H]([C@H](O)CO)[C@H](c2ccc(OCc3ccccc3)cc2)N1c1ccccc1. The number of β-lactam (4-membered cyclic amide) rings is 1. The zero-order valence-electron chi connectivity index (χ0n) is 15.9. The highest BCUT2D eigenvalue weighted by molar-refractivity contribution is 6.03. The highest BCUT2D eigenvalue weighted by atomic mass is 16.5. The predicted octanol–water partition coefficient (Wildman–Crippen LogP) is 3.32. The second kappa shape index (κ2) is 8.47. The summed E-state index contributed by atoms with van der Waals surface area (Å²) in [5.41, 5.74) is 2.74. The molecule has 3 aromatic rings. The minimum absolute atomic E-state index is 0.188. The van der Waals surface area contributed by atoms with Crippen molar-refractivity contribution in [1.82, 2.24) is 0 Å². The summed E-state index contributed by atoms with van der Waals surface area (Å²) in [4.78, 5) is 14.4. The maximum atomic E-state index is 12.7. The average Bonchev–Trinajstić information content (AvgIpc) is 2.78. The number of hydrogen-bond acceptors (Lipinski definition) is 4.